The molecule has 1 fully saturated rings. The van der Waals surface area contributed by atoms with Gasteiger partial charge < -0.3 is 15.0 Å². The number of fused-ring (bicyclic) bond motifs is 1. The molecule has 4 aromatic rings. The third-order valence-corrected chi connectivity index (χ3v) is 7.35. The van der Waals surface area contributed by atoms with Crippen LogP contribution >= 0.6 is 0 Å². The monoisotopic (exact) mass is 509 g/mol. The van der Waals surface area contributed by atoms with Crippen LogP contribution in [-0.4, -0.2) is 51.1 Å². The van der Waals surface area contributed by atoms with Gasteiger partial charge in [-0.3, -0.25) is 14.7 Å². The van der Waals surface area contributed by atoms with Crippen molar-refractivity contribution in [2.75, 3.05) is 25.5 Å². The Balaban J connectivity index is 1.42. The summed E-state index contributed by atoms with van der Waals surface area (Å²) in [7, 11) is 1.54. The normalized spacial score (nSPS) is 15.2. The molecule has 0 spiro atoms. The second-order valence-electron chi connectivity index (χ2n) is 9.79. The predicted molar refractivity (Wildman–Crippen MR) is 148 cm³/mol. The Morgan fingerprint density at radius 3 is 2.74 bits per heavy atom. The Bertz CT molecular complexity index is 1550. The zero-order valence-electron chi connectivity index (χ0n) is 21.9. The number of piperidine rings is 1. The van der Waals surface area contributed by atoms with Crippen molar-refractivity contribution in [3.05, 3.63) is 70.4 Å². The summed E-state index contributed by atoms with van der Waals surface area (Å²) in [6.07, 6.45) is 7.51. The largest absolute Gasteiger partial charge is 0.480 e. The van der Waals surface area contributed by atoms with Crippen LogP contribution < -0.4 is 15.6 Å². The molecule has 9 nitrogen and oxygen atoms in total. The average molecular weight is 510 g/mol. The predicted octanol–water partition coefficient (Wildman–Crippen LogP) is 4.92. The number of hydrogen-bond acceptors (Lipinski definition) is 8. The van der Waals surface area contributed by atoms with E-state index in [0.717, 1.165) is 37.0 Å². The highest BCUT2D eigenvalue weighted by atomic mass is 16.5. The summed E-state index contributed by atoms with van der Waals surface area (Å²) < 4.78 is 5.22. The minimum atomic E-state index is -0.216. The summed E-state index contributed by atoms with van der Waals surface area (Å²) >= 11 is 0. The SMILES string of the molecule is COc1cncc(-c2cc3cc[nH]c(=O)c3c(Nc3ccc(C4CCN(C(C)CC#N)CC4)c(C)c3)n2)n1. The summed E-state index contributed by atoms with van der Waals surface area (Å²) in [6, 6.07) is 12.6. The molecule has 0 saturated carbocycles. The molecule has 38 heavy (non-hydrogen) atoms. The van der Waals surface area contributed by atoms with E-state index < -0.39 is 0 Å². The van der Waals surface area contributed by atoms with E-state index in [1.54, 1.807) is 19.5 Å². The van der Waals surface area contributed by atoms with E-state index in [4.69, 9.17) is 15.0 Å². The third-order valence-electron chi connectivity index (χ3n) is 7.35. The molecule has 1 atom stereocenters. The van der Waals surface area contributed by atoms with Gasteiger partial charge >= 0.3 is 0 Å². The van der Waals surface area contributed by atoms with Gasteiger partial charge in [-0.2, -0.15) is 5.26 Å². The first kappa shape index (κ1) is 25.4. The molecule has 1 unspecified atom stereocenters. The molecule has 1 saturated heterocycles. The number of aromatic amines is 1. The van der Waals surface area contributed by atoms with Gasteiger partial charge in [-0.15, -0.1) is 0 Å². The maximum atomic E-state index is 12.8. The first-order valence-electron chi connectivity index (χ1n) is 12.8. The summed E-state index contributed by atoms with van der Waals surface area (Å²) in [4.78, 5) is 31.4. The summed E-state index contributed by atoms with van der Waals surface area (Å²) in [5.74, 6) is 1.34. The fraction of sp³-hybridized carbons (Fsp3) is 0.345. The van der Waals surface area contributed by atoms with Crippen molar-refractivity contribution >= 4 is 22.3 Å². The maximum absolute atomic E-state index is 12.8. The lowest BCUT2D eigenvalue weighted by Crippen LogP contribution is -2.39. The first-order valence-corrected chi connectivity index (χ1v) is 12.8. The van der Waals surface area contributed by atoms with E-state index in [0.29, 0.717) is 46.9 Å². The Labute approximate surface area is 221 Å². The number of benzene rings is 1. The Morgan fingerprint density at radius 1 is 1.18 bits per heavy atom. The van der Waals surface area contributed by atoms with E-state index in [1.165, 1.54) is 17.3 Å². The smallest absolute Gasteiger partial charge is 0.259 e. The average Bonchev–Trinajstić information content (AvgIpc) is 2.93. The second kappa shape index (κ2) is 11.0. The molecular formula is C29H31N7O2. The van der Waals surface area contributed by atoms with Crippen LogP contribution in [0.1, 0.15) is 43.2 Å². The molecule has 9 heteroatoms. The number of rotatable bonds is 7. The van der Waals surface area contributed by atoms with Crippen LogP contribution in [0.3, 0.4) is 0 Å². The quantitative estimate of drug-likeness (QED) is 0.360. The molecular weight excluding hydrogens is 478 g/mol. The topological polar surface area (TPSA) is 120 Å². The molecule has 0 bridgehead atoms. The highest BCUT2D eigenvalue weighted by molar-refractivity contribution is 5.94. The zero-order valence-corrected chi connectivity index (χ0v) is 21.9. The van der Waals surface area contributed by atoms with Crippen LogP contribution in [0.2, 0.25) is 0 Å². The number of hydrogen-bond donors (Lipinski definition) is 2. The fourth-order valence-corrected chi connectivity index (χ4v) is 5.27. The number of likely N-dealkylation sites (tertiary alicyclic amines) is 1. The third kappa shape index (κ3) is 5.22. The Kier molecular flexibility index (Phi) is 7.33. The lowest BCUT2D eigenvalue weighted by atomic mass is 9.86. The van der Waals surface area contributed by atoms with E-state index >= 15 is 0 Å². The first-order chi connectivity index (χ1) is 18.5. The second-order valence-corrected chi connectivity index (χ2v) is 9.79. The summed E-state index contributed by atoms with van der Waals surface area (Å²) in [5.41, 5.74) is 4.33. The van der Waals surface area contributed by atoms with Gasteiger partial charge in [-0.1, -0.05) is 6.07 Å². The number of H-pyrrole nitrogens is 1. The molecule has 0 amide bonds. The van der Waals surface area contributed by atoms with Crippen molar-refractivity contribution < 1.29 is 4.74 Å². The van der Waals surface area contributed by atoms with Gasteiger partial charge in [0.2, 0.25) is 5.88 Å². The van der Waals surface area contributed by atoms with Crippen LogP contribution in [0.25, 0.3) is 22.2 Å². The van der Waals surface area contributed by atoms with Crippen molar-refractivity contribution in [3.63, 3.8) is 0 Å². The standard InChI is InChI=1S/C29H31N7O2/c1-18-14-22(4-5-23(18)20-8-12-36(13-9-20)19(2)6-10-30)33-28-27-21(7-11-32-29(27)37)15-24(35-28)25-16-31-17-26(34-25)38-3/h4-5,7,11,14-17,19-20H,6,8-9,12-13H2,1-3H3,(H,32,37)(H,33,35). The Hall–Kier alpha value is -4.29. The molecule has 4 heterocycles. The van der Waals surface area contributed by atoms with Crippen molar-refractivity contribution in [2.45, 2.75) is 45.1 Å². The van der Waals surface area contributed by atoms with Crippen LogP contribution in [0.15, 0.2) is 53.7 Å². The molecule has 1 aliphatic rings. The molecule has 1 aromatic carbocycles. The van der Waals surface area contributed by atoms with Crippen molar-refractivity contribution in [2.24, 2.45) is 0 Å². The van der Waals surface area contributed by atoms with E-state index in [1.807, 2.05) is 12.1 Å². The van der Waals surface area contributed by atoms with E-state index in [2.05, 4.69) is 63.3 Å². The molecule has 5 rings (SSSR count). The van der Waals surface area contributed by atoms with Crippen molar-refractivity contribution in [3.8, 4) is 23.3 Å². The number of aromatic nitrogens is 4. The Morgan fingerprint density at radius 2 is 2.00 bits per heavy atom. The number of nitrogens with zero attached hydrogens (tertiary/aromatic N) is 5. The summed E-state index contributed by atoms with van der Waals surface area (Å²) in [5, 5.41) is 13.6. The number of nitrogens with one attached hydrogen (secondary N) is 2. The summed E-state index contributed by atoms with van der Waals surface area (Å²) in [6.45, 7) is 6.27. The highest BCUT2D eigenvalue weighted by Gasteiger charge is 2.24. The number of nitriles is 1. The van der Waals surface area contributed by atoms with Crippen LogP contribution in [0.5, 0.6) is 5.88 Å². The lowest BCUT2D eigenvalue weighted by molar-refractivity contribution is 0.163. The van der Waals surface area contributed by atoms with Gasteiger partial charge in [0.05, 0.1) is 43.1 Å². The van der Waals surface area contributed by atoms with E-state index in [9.17, 15) is 4.79 Å². The molecule has 0 aliphatic carbocycles. The van der Waals surface area contributed by atoms with Crippen molar-refractivity contribution in [1.29, 1.82) is 5.26 Å². The lowest BCUT2D eigenvalue weighted by Gasteiger charge is -2.36. The molecule has 2 N–H and O–H groups in total. The number of anilines is 2. The van der Waals surface area contributed by atoms with Gasteiger partial charge in [0.25, 0.3) is 5.56 Å². The number of pyridine rings is 2. The number of aryl methyl sites for hydroxylation is 1. The minimum Gasteiger partial charge on any atom is -0.480 e. The fourth-order valence-electron chi connectivity index (χ4n) is 5.27. The van der Waals surface area contributed by atoms with Crippen LogP contribution in [-0.2, 0) is 0 Å². The number of methoxy groups -OCH3 is 1. The van der Waals surface area contributed by atoms with Gasteiger partial charge in [-0.05, 0) is 86.5 Å². The number of ether oxygens (including phenoxy) is 1. The van der Waals surface area contributed by atoms with Crippen LogP contribution in [0, 0.1) is 18.3 Å². The van der Waals surface area contributed by atoms with Crippen LogP contribution in [0.4, 0.5) is 11.5 Å². The van der Waals surface area contributed by atoms with Gasteiger partial charge in [0, 0.05) is 17.9 Å². The minimum absolute atomic E-state index is 0.216. The zero-order chi connectivity index (χ0) is 26.6. The molecule has 1 aliphatic heterocycles. The van der Waals surface area contributed by atoms with Gasteiger partial charge in [0.15, 0.2) is 0 Å². The molecule has 0 radical (unpaired) electrons. The molecule has 3 aromatic heterocycles. The van der Waals surface area contributed by atoms with Gasteiger partial charge in [-0.25, -0.2) is 9.97 Å². The maximum Gasteiger partial charge on any atom is 0.259 e. The van der Waals surface area contributed by atoms with Gasteiger partial charge in [0.1, 0.15) is 11.5 Å². The highest BCUT2D eigenvalue weighted by Crippen LogP contribution is 2.34. The molecule has 194 valence electrons. The van der Waals surface area contributed by atoms with Crippen molar-refractivity contribution in [1.82, 2.24) is 24.8 Å². The van der Waals surface area contributed by atoms with E-state index in [-0.39, 0.29) is 5.56 Å².